The van der Waals surface area contributed by atoms with Gasteiger partial charge in [-0.25, -0.2) is 4.39 Å². The lowest BCUT2D eigenvalue weighted by molar-refractivity contribution is -0.377. The summed E-state index contributed by atoms with van der Waals surface area (Å²) >= 11 is 2.82. The maximum absolute atomic E-state index is 15.8. The van der Waals surface area contributed by atoms with Gasteiger partial charge in [-0.05, 0) is 57.3 Å². The van der Waals surface area contributed by atoms with Gasteiger partial charge in [-0.2, -0.15) is 30.7 Å². The van der Waals surface area contributed by atoms with E-state index >= 15 is 4.39 Å². The Morgan fingerprint density at radius 3 is 1.19 bits per heavy atom. The molecule has 0 nitrogen and oxygen atoms in total. The first-order valence-corrected chi connectivity index (χ1v) is 8.95. The van der Waals surface area contributed by atoms with E-state index in [4.69, 9.17) is 0 Å². The number of benzene rings is 2. The molecule has 0 amide bonds. The first kappa shape index (κ1) is 21.6. The highest BCUT2D eigenvalue weighted by molar-refractivity contribution is 14.1. The van der Waals surface area contributed by atoms with Gasteiger partial charge in [0.25, 0.3) is 0 Å². The Kier molecular flexibility index (Phi) is 5.87. The zero-order valence-corrected chi connectivity index (χ0v) is 16.7. The molecule has 2 aromatic rings. The second-order valence-corrected chi connectivity index (χ2v) is 7.59. The number of halogens is 10. The Labute approximate surface area is 170 Å². The molecule has 2 aromatic carbocycles. The van der Waals surface area contributed by atoms with Gasteiger partial charge in [0.05, 0.1) is 0 Å². The van der Waals surface area contributed by atoms with Crippen LogP contribution in [0.4, 0.5) is 35.1 Å². The number of hydrogen-bond donors (Lipinski definition) is 0. The van der Waals surface area contributed by atoms with Gasteiger partial charge < -0.3 is 0 Å². The van der Waals surface area contributed by atoms with Gasteiger partial charge >= 0.3 is 18.0 Å². The molecule has 10 heteroatoms. The maximum atomic E-state index is 15.8. The molecular weight excluding hydrogens is 598 g/mol. The van der Waals surface area contributed by atoms with Gasteiger partial charge in [0.2, 0.25) is 5.67 Å². The lowest BCUT2D eigenvalue weighted by Crippen LogP contribution is -2.61. The quantitative estimate of drug-likeness (QED) is 0.262. The second-order valence-electron chi connectivity index (χ2n) is 5.26. The van der Waals surface area contributed by atoms with Crippen molar-refractivity contribution < 1.29 is 35.1 Å². The normalized spacial score (nSPS) is 13.8. The third-order valence-electron chi connectivity index (χ3n) is 3.67. The smallest absolute Gasteiger partial charge is 0.226 e. The Balaban J connectivity index is 2.91. The molecule has 0 spiro atoms. The molecule has 142 valence electrons. The third-order valence-corrected chi connectivity index (χ3v) is 5.55. The van der Waals surface area contributed by atoms with Crippen LogP contribution in [-0.4, -0.2) is 18.0 Å². The summed E-state index contributed by atoms with van der Waals surface area (Å²) in [6.07, 6.45) is -6.64. The molecule has 0 unspecified atom stereocenters. The topological polar surface area (TPSA) is 0 Å². The highest BCUT2D eigenvalue weighted by atomic mass is 127. The summed E-state index contributed by atoms with van der Waals surface area (Å²) in [6, 6.07) is 8.64. The van der Waals surface area contributed by atoms with Crippen molar-refractivity contribution in [2.75, 3.05) is 0 Å². The summed E-state index contributed by atoms with van der Waals surface area (Å²) in [5.41, 5.74) is -6.36. The summed E-state index contributed by atoms with van der Waals surface area (Å²) in [5.74, 6) is -12.7. The van der Waals surface area contributed by atoms with Crippen molar-refractivity contribution in [2.45, 2.75) is 23.7 Å². The van der Waals surface area contributed by atoms with Gasteiger partial charge in [-0.3, -0.25) is 0 Å². The van der Waals surface area contributed by atoms with Crippen molar-refractivity contribution >= 4 is 45.2 Å². The highest BCUT2D eigenvalue weighted by Crippen LogP contribution is 2.59. The predicted molar refractivity (Wildman–Crippen MR) is 96.2 cm³/mol. The summed E-state index contributed by atoms with van der Waals surface area (Å²) in [6.45, 7) is 0. The van der Waals surface area contributed by atoms with Gasteiger partial charge in [0, 0.05) is 18.3 Å². The monoisotopic (exact) mass is 606 g/mol. The van der Waals surface area contributed by atoms with Crippen LogP contribution in [-0.2, 0) is 5.67 Å². The van der Waals surface area contributed by atoms with Crippen LogP contribution in [0, 0.1) is 7.14 Å². The van der Waals surface area contributed by atoms with Crippen LogP contribution in [0.1, 0.15) is 11.1 Å². The van der Waals surface area contributed by atoms with Crippen LogP contribution in [0.3, 0.4) is 0 Å². The molecule has 0 bridgehead atoms. The summed E-state index contributed by atoms with van der Waals surface area (Å²) in [7, 11) is 0. The van der Waals surface area contributed by atoms with Crippen LogP contribution < -0.4 is 0 Å². The lowest BCUT2D eigenvalue weighted by atomic mass is 9.79. The largest absolute Gasteiger partial charge is 0.460 e. The minimum atomic E-state index is -6.64. The minimum absolute atomic E-state index is 0.218. The molecule has 0 fully saturated rings. The van der Waals surface area contributed by atoms with E-state index in [1.54, 1.807) is 0 Å². The molecule has 0 radical (unpaired) electrons. The average molecular weight is 606 g/mol. The molecule has 26 heavy (non-hydrogen) atoms. The van der Waals surface area contributed by atoms with E-state index in [2.05, 4.69) is 0 Å². The molecule has 0 saturated heterocycles. The summed E-state index contributed by atoms with van der Waals surface area (Å²) < 4.78 is 110. The number of hydrogen-bond acceptors (Lipinski definition) is 0. The van der Waals surface area contributed by atoms with Crippen molar-refractivity contribution in [3.05, 3.63) is 66.8 Å². The lowest BCUT2D eigenvalue weighted by Gasteiger charge is -2.39. The average Bonchev–Trinajstić information content (AvgIpc) is 2.53. The van der Waals surface area contributed by atoms with Gasteiger partial charge in [0.1, 0.15) is 0 Å². The van der Waals surface area contributed by atoms with Gasteiger partial charge in [-0.15, -0.1) is 0 Å². The Morgan fingerprint density at radius 2 is 0.885 bits per heavy atom. The maximum Gasteiger partial charge on any atom is 0.460 e. The van der Waals surface area contributed by atoms with Crippen LogP contribution in [0.5, 0.6) is 0 Å². The zero-order chi connectivity index (χ0) is 20.0. The molecule has 0 aliphatic carbocycles. The van der Waals surface area contributed by atoms with Crippen LogP contribution in [0.2, 0.25) is 0 Å². The van der Waals surface area contributed by atoms with Crippen molar-refractivity contribution in [1.29, 1.82) is 0 Å². The third kappa shape index (κ3) is 3.20. The van der Waals surface area contributed by atoms with Crippen molar-refractivity contribution in [3.8, 4) is 0 Å². The number of rotatable bonds is 4. The van der Waals surface area contributed by atoms with E-state index in [1.165, 1.54) is 57.3 Å². The first-order chi connectivity index (χ1) is 11.8. The van der Waals surface area contributed by atoms with E-state index in [0.29, 0.717) is 0 Å². The van der Waals surface area contributed by atoms with Crippen molar-refractivity contribution in [2.24, 2.45) is 0 Å². The molecule has 0 aliphatic rings. The molecule has 0 aromatic heterocycles. The fourth-order valence-electron chi connectivity index (χ4n) is 2.36. The number of alkyl halides is 8. The zero-order valence-electron chi connectivity index (χ0n) is 12.4. The van der Waals surface area contributed by atoms with E-state index in [0.717, 1.165) is 36.4 Å². The Hall–Kier alpha value is -0.660. The minimum Gasteiger partial charge on any atom is -0.226 e. The van der Waals surface area contributed by atoms with Crippen molar-refractivity contribution in [1.82, 2.24) is 0 Å². The molecule has 2 rings (SSSR count). The molecule has 0 atom stereocenters. The molecule has 0 heterocycles. The SMILES string of the molecule is FC(F)(F)C(F)(F)C(F)(F)C(F)(c1ccccc1I)c1ccccc1I. The Morgan fingerprint density at radius 1 is 0.538 bits per heavy atom. The second kappa shape index (κ2) is 7.06. The van der Waals surface area contributed by atoms with E-state index in [-0.39, 0.29) is 7.14 Å². The molecule has 0 N–H and O–H groups in total. The molecule has 0 aliphatic heterocycles. The standard InChI is InChI=1S/C16H8F8I2/c17-13(9-5-1-3-7-11(9)25,10-6-2-4-8-12(10)26)14(18,19)15(20,21)16(22,23)24/h1-8H. The summed E-state index contributed by atoms with van der Waals surface area (Å²) in [5, 5.41) is 0. The molecule has 0 saturated carbocycles. The Bertz CT molecular complexity index is 755. The van der Waals surface area contributed by atoms with E-state index in [1.807, 2.05) is 0 Å². The van der Waals surface area contributed by atoms with Gasteiger partial charge in [-0.1, -0.05) is 36.4 Å². The fourth-order valence-corrected chi connectivity index (χ4v) is 3.88. The van der Waals surface area contributed by atoms with E-state index in [9.17, 15) is 30.7 Å². The summed E-state index contributed by atoms with van der Waals surface area (Å²) in [4.78, 5) is 0. The fraction of sp³-hybridized carbons (Fsp3) is 0.250. The van der Waals surface area contributed by atoms with Crippen LogP contribution in [0.15, 0.2) is 48.5 Å². The highest BCUT2D eigenvalue weighted by Gasteiger charge is 2.81. The van der Waals surface area contributed by atoms with Gasteiger partial charge in [0.15, 0.2) is 0 Å². The molecular formula is C16H8F8I2. The van der Waals surface area contributed by atoms with E-state index < -0.39 is 34.8 Å². The first-order valence-electron chi connectivity index (χ1n) is 6.79. The predicted octanol–water partition coefficient (Wildman–Crippen LogP) is 6.94. The van der Waals surface area contributed by atoms with Crippen LogP contribution >= 0.6 is 45.2 Å². The van der Waals surface area contributed by atoms with Crippen LogP contribution in [0.25, 0.3) is 0 Å². The van der Waals surface area contributed by atoms with Crippen molar-refractivity contribution in [3.63, 3.8) is 0 Å².